The third kappa shape index (κ3) is 3.59. The predicted octanol–water partition coefficient (Wildman–Crippen LogP) is 2.37. The molecular weight excluding hydrogens is 292 g/mol. The lowest BCUT2D eigenvalue weighted by Gasteiger charge is -2.31. The van der Waals surface area contributed by atoms with Crippen LogP contribution in [0.25, 0.3) is 10.8 Å². The van der Waals surface area contributed by atoms with Crippen molar-refractivity contribution >= 4 is 28.4 Å². The Bertz CT molecular complexity index is 718. The molecule has 2 heterocycles. The van der Waals surface area contributed by atoms with E-state index in [2.05, 4.69) is 15.6 Å². The number of urea groups is 1. The van der Waals surface area contributed by atoms with E-state index in [1.807, 2.05) is 29.2 Å². The molecule has 3 rings (SSSR count). The van der Waals surface area contributed by atoms with Crippen molar-refractivity contribution in [3.8, 4) is 0 Å². The SMILES string of the molecule is CC(=O)N1CCC(NC(=O)Nc2cccc3cnccc23)CC1. The first-order valence-corrected chi connectivity index (χ1v) is 7.79. The molecule has 1 aromatic heterocycles. The predicted molar refractivity (Wildman–Crippen MR) is 89.2 cm³/mol. The molecule has 1 saturated heterocycles. The van der Waals surface area contributed by atoms with Gasteiger partial charge in [-0.25, -0.2) is 4.79 Å². The molecule has 0 spiro atoms. The van der Waals surface area contributed by atoms with E-state index in [0.29, 0.717) is 13.1 Å². The van der Waals surface area contributed by atoms with Gasteiger partial charge in [-0.05, 0) is 25.0 Å². The van der Waals surface area contributed by atoms with Gasteiger partial charge in [0, 0.05) is 49.2 Å². The Kier molecular flexibility index (Phi) is 4.41. The molecule has 0 unspecified atom stereocenters. The first kappa shape index (κ1) is 15.3. The van der Waals surface area contributed by atoms with Gasteiger partial charge >= 0.3 is 6.03 Å². The Morgan fingerprint density at radius 3 is 2.74 bits per heavy atom. The topological polar surface area (TPSA) is 74.3 Å². The van der Waals surface area contributed by atoms with E-state index in [-0.39, 0.29) is 18.0 Å². The number of nitrogens with one attached hydrogen (secondary N) is 2. The number of nitrogens with zero attached hydrogens (tertiary/aromatic N) is 2. The van der Waals surface area contributed by atoms with Crippen LogP contribution in [-0.4, -0.2) is 41.0 Å². The summed E-state index contributed by atoms with van der Waals surface area (Å²) in [5.74, 6) is 0.0947. The van der Waals surface area contributed by atoms with Gasteiger partial charge < -0.3 is 15.5 Å². The standard InChI is InChI=1S/C17H20N4O2/c1-12(22)21-9-6-14(7-10-21)19-17(23)20-16-4-2-3-13-11-18-8-5-15(13)16/h2-5,8,11,14H,6-7,9-10H2,1H3,(H2,19,20,23). The lowest BCUT2D eigenvalue weighted by Crippen LogP contribution is -2.47. The second kappa shape index (κ2) is 6.64. The lowest BCUT2D eigenvalue weighted by molar-refractivity contribution is -0.129. The van der Waals surface area contributed by atoms with E-state index in [9.17, 15) is 9.59 Å². The van der Waals surface area contributed by atoms with Crippen molar-refractivity contribution in [3.63, 3.8) is 0 Å². The largest absolute Gasteiger partial charge is 0.343 e. The van der Waals surface area contributed by atoms with E-state index in [1.165, 1.54) is 0 Å². The zero-order chi connectivity index (χ0) is 16.2. The third-order valence-corrected chi connectivity index (χ3v) is 4.20. The highest BCUT2D eigenvalue weighted by Crippen LogP contribution is 2.22. The number of amides is 3. The number of carbonyl (C=O) groups excluding carboxylic acids is 2. The molecule has 2 N–H and O–H groups in total. The Morgan fingerprint density at radius 1 is 1.22 bits per heavy atom. The van der Waals surface area contributed by atoms with Crippen LogP contribution in [0.15, 0.2) is 36.7 Å². The molecule has 1 fully saturated rings. The van der Waals surface area contributed by atoms with Gasteiger partial charge in [0.2, 0.25) is 5.91 Å². The molecule has 2 aromatic rings. The molecule has 1 aliphatic heterocycles. The maximum atomic E-state index is 12.2. The Labute approximate surface area is 134 Å². The molecular formula is C17H20N4O2. The highest BCUT2D eigenvalue weighted by molar-refractivity contribution is 6.01. The Balaban J connectivity index is 1.60. The summed E-state index contributed by atoms with van der Waals surface area (Å²) in [7, 11) is 0. The molecule has 120 valence electrons. The number of fused-ring (bicyclic) bond motifs is 1. The van der Waals surface area contributed by atoms with Gasteiger partial charge in [-0.15, -0.1) is 0 Å². The number of hydrogen-bond acceptors (Lipinski definition) is 3. The summed E-state index contributed by atoms with van der Waals surface area (Å²) >= 11 is 0. The third-order valence-electron chi connectivity index (χ3n) is 4.20. The maximum absolute atomic E-state index is 12.2. The van der Waals surface area contributed by atoms with Crippen molar-refractivity contribution < 1.29 is 9.59 Å². The fraction of sp³-hybridized carbons (Fsp3) is 0.353. The van der Waals surface area contributed by atoms with Crippen LogP contribution in [0.5, 0.6) is 0 Å². The second-order valence-corrected chi connectivity index (χ2v) is 5.78. The van der Waals surface area contributed by atoms with Gasteiger partial charge in [0.1, 0.15) is 0 Å². The highest BCUT2D eigenvalue weighted by Gasteiger charge is 2.22. The van der Waals surface area contributed by atoms with Gasteiger partial charge in [0.05, 0.1) is 5.69 Å². The first-order chi connectivity index (χ1) is 11.1. The van der Waals surface area contributed by atoms with Gasteiger partial charge in [-0.3, -0.25) is 9.78 Å². The number of carbonyl (C=O) groups is 2. The number of hydrogen-bond donors (Lipinski definition) is 2. The summed E-state index contributed by atoms with van der Waals surface area (Å²) in [4.78, 5) is 29.4. The van der Waals surface area contributed by atoms with E-state index in [0.717, 1.165) is 29.3 Å². The second-order valence-electron chi connectivity index (χ2n) is 5.78. The molecule has 0 atom stereocenters. The van der Waals surface area contributed by atoms with Crippen LogP contribution in [0, 0.1) is 0 Å². The lowest BCUT2D eigenvalue weighted by atomic mass is 10.1. The molecule has 0 radical (unpaired) electrons. The van der Waals surface area contributed by atoms with E-state index in [4.69, 9.17) is 0 Å². The number of piperidine rings is 1. The van der Waals surface area contributed by atoms with Crippen molar-refractivity contribution in [2.75, 3.05) is 18.4 Å². The quantitative estimate of drug-likeness (QED) is 0.894. The number of benzene rings is 1. The Hall–Kier alpha value is -2.63. The van der Waals surface area contributed by atoms with Gasteiger partial charge in [-0.2, -0.15) is 0 Å². The zero-order valence-corrected chi connectivity index (χ0v) is 13.1. The van der Waals surface area contributed by atoms with E-state index in [1.54, 1.807) is 19.3 Å². The summed E-state index contributed by atoms with van der Waals surface area (Å²) in [6.07, 6.45) is 5.05. The van der Waals surface area contributed by atoms with Crippen LogP contribution in [0.3, 0.4) is 0 Å². The summed E-state index contributed by atoms with van der Waals surface area (Å²) in [5, 5.41) is 7.84. The highest BCUT2D eigenvalue weighted by atomic mass is 16.2. The number of likely N-dealkylation sites (tertiary alicyclic amines) is 1. The monoisotopic (exact) mass is 312 g/mol. The average Bonchev–Trinajstić information content (AvgIpc) is 2.55. The van der Waals surface area contributed by atoms with E-state index >= 15 is 0 Å². The molecule has 0 bridgehead atoms. The van der Waals surface area contributed by atoms with E-state index < -0.39 is 0 Å². The van der Waals surface area contributed by atoms with Crippen LogP contribution in [0.2, 0.25) is 0 Å². The zero-order valence-electron chi connectivity index (χ0n) is 13.1. The Morgan fingerprint density at radius 2 is 2.00 bits per heavy atom. The fourth-order valence-corrected chi connectivity index (χ4v) is 2.91. The van der Waals surface area contributed by atoms with Crippen molar-refractivity contribution in [3.05, 3.63) is 36.7 Å². The van der Waals surface area contributed by atoms with Crippen LogP contribution in [0.4, 0.5) is 10.5 Å². The summed E-state index contributed by atoms with van der Waals surface area (Å²) in [6.45, 7) is 2.97. The molecule has 0 saturated carbocycles. The molecule has 1 aromatic carbocycles. The van der Waals surface area contributed by atoms with Crippen LogP contribution in [0.1, 0.15) is 19.8 Å². The molecule has 0 aliphatic carbocycles. The number of aromatic nitrogens is 1. The van der Waals surface area contributed by atoms with Crippen LogP contribution >= 0.6 is 0 Å². The van der Waals surface area contributed by atoms with Crippen molar-refractivity contribution in [1.82, 2.24) is 15.2 Å². The van der Waals surface area contributed by atoms with Crippen molar-refractivity contribution in [1.29, 1.82) is 0 Å². The van der Waals surface area contributed by atoms with Gasteiger partial charge in [0.25, 0.3) is 0 Å². The van der Waals surface area contributed by atoms with Gasteiger partial charge in [0.15, 0.2) is 0 Å². The normalized spacial score (nSPS) is 15.4. The first-order valence-electron chi connectivity index (χ1n) is 7.79. The minimum atomic E-state index is -0.212. The minimum absolute atomic E-state index is 0.0947. The fourth-order valence-electron chi connectivity index (χ4n) is 2.91. The molecule has 3 amide bonds. The smallest absolute Gasteiger partial charge is 0.319 e. The van der Waals surface area contributed by atoms with Crippen LogP contribution in [-0.2, 0) is 4.79 Å². The minimum Gasteiger partial charge on any atom is -0.343 e. The maximum Gasteiger partial charge on any atom is 0.319 e. The number of anilines is 1. The molecule has 6 heteroatoms. The summed E-state index contributed by atoms with van der Waals surface area (Å²) in [5.41, 5.74) is 0.767. The van der Waals surface area contributed by atoms with Crippen molar-refractivity contribution in [2.24, 2.45) is 0 Å². The average molecular weight is 312 g/mol. The summed E-state index contributed by atoms with van der Waals surface area (Å²) in [6, 6.07) is 7.50. The number of rotatable bonds is 2. The molecule has 6 nitrogen and oxygen atoms in total. The van der Waals surface area contributed by atoms with Crippen molar-refractivity contribution in [2.45, 2.75) is 25.8 Å². The molecule has 1 aliphatic rings. The number of pyridine rings is 1. The summed E-state index contributed by atoms with van der Waals surface area (Å²) < 4.78 is 0. The van der Waals surface area contributed by atoms with Gasteiger partial charge in [-0.1, -0.05) is 12.1 Å². The van der Waals surface area contributed by atoms with Crippen LogP contribution < -0.4 is 10.6 Å². The molecule has 23 heavy (non-hydrogen) atoms.